The summed E-state index contributed by atoms with van der Waals surface area (Å²) in [6.07, 6.45) is 6.44. The number of hydrogen-bond donors (Lipinski definition) is 1. The molecule has 0 radical (unpaired) electrons. The SMILES string of the molecule is CCCc1cn(-c2ccccc2C(C)(C)C)c(=O)n1CCc1ccc(-c2ccccc2-c2nn[nH]n2)nc1. The molecule has 0 atom stereocenters. The van der Waals surface area contributed by atoms with Crippen LogP contribution >= 0.6 is 0 Å². The lowest BCUT2D eigenvalue weighted by molar-refractivity contribution is 0.583. The van der Waals surface area contributed by atoms with Crippen LogP contribution in [0.25, 0.3) is 28.3 Å². The number of tetrazole rings is 1. The maximum atomic E-state index is 13.6. The summed E-state index contributed by atoms with van der Waals surface area (Å²) in [6.45, 7) is 9.28. The van der Waals surface area contributed by atoms with Gasteiger partial charge in [0.25, 0.3) is 0 Å². The van der Waals surface area contributed by atoms with Crippen LogP contribution in [0, 0.1) is 0 Å². The minimum Gasteiger partial charge on any atom is -0.296 e. The first-order valence-corrected chi connectivity index (χ1v) is 13.1. The van der Waals surface area contributed by atoms with Crippen LogP contribution in [-0.2, 0) is 24.8 Å². The van der Waals surface area contributed by atoms with Gasteiger partial charge >= 0.3 is 5.69 Å². The van der Waals surface area contributed by atoms with E-state index in [2.05, 4.69) is 60.5 Å². The van der Waals surface area contributed by atoms with Crippen LogP contribution < -0.4 is 5.69 Å². The van der Waals surface area contributed by atoms with Gasteiger partial charge in [-0.1, -0.05) is 82.6 Å². The van der Waals surface area contributed by atoms with Gasteiger partial charge in [-0.2, -0.15) is 5.21 Å². The maximum absolute atomic E-state index is 13.6. The van der Waals surface area contributed by atoms with E-state index >= 15 is 0 Å². The number of aromatic amines is 1. The molecule has 5 aromatic rings. The molecule has 3 heterocycles. The van der Waals surface area contributed by atoms with Crippen molar-refractivity contribution in [1.29, 1.82) is 0 Å². The molecule has 0 amide bonds. The Morgan fingerprint density at radius 2 is 1.68 bits per heavy atom. The standard InChI is InChI=1S/C30H33N7O/c1-5-10-22-20-37(27-14-9-8-13-25(27)30(2,3)4)29(38)36(22)18-17-21-15-16-26(31-19-21)23-11-6-7-12-24(23)28-32-34-35-33-28/h6-9,11-16,19-20H,5,10,17-18H2,1-4H3,(H,32,33,34,35). The zero-order valence-corrected chi connectivity index (χ0v) is 22.3. The lowest BCUT2D eigenvalue weighted by Gasteiger charge is -2.22. The predicted octanol–water partition coefficient (Wildman–Crippen LogP) is 5.37. The van der Waals surface area contributed by atoms with Crippen LogP contribution in [0.15, 0.2) is 77.9 Å². The largest absolute Gasteiger partial charge is 0.332 e. The van der Waals surface area contributed by atoms with Gasteiger partial charge in [0, 0.05) is 35.8 Å². The third-order valence-electron chi connectivity index (χ3n) is 6.78. The zero-order valence-electron chi connectivity index (χ0n) is 22.3. The van der Waals surface area contributed by atoms with Crippen molar-refractivity contribution in [3.8, 4) is 28.3 Å². The van der Waals surface area contributed by atoms with E-state index in [9.17, 15) is 4.79 Å². The Morgan fingerprint density at radius 3 is 2.37 bits per heavy atom. The first kappa shape index (κ1) is 25.3. The molecule has 0 unspecified atom stereocenters. The molecule has 0 aliphatic carbocycles. The monoisotopic (exact) mass is 507 g/mol. The first-order valence-electron chi connectivity index (χ1n) is 13.1. The first-order chi connectivity index (χ1) is 18.4. The second-order valence-electron chi connectivity index (χ2n) is 10.5. The number of benzene rings is 2. The summed E-state index contributed by atoms with van der Waals surface area (Å²) in [6, 6.07) is 20.1. The van der Waals surface area contributed by atoms with Gasteiger partial charge in [0.05, 0.1) is 11.4 Å². The molecule has 0 saturated carbocycles. The molecule has 2 aromatic carbocycles. The van der Waals surface area contributed by atoms with Crippen molar-refractivity contribution in [3.63, 3.8) is 0 Å². The van der Waals surface area contributed by atoms with Gasteiger partial charge in [-0.3, -0.25) is 14.1 Å². The number of hydrogen-bond acceptors (Lipinski definition) is 5. The van der Waals surface area contributed by atoms with E-state index in [0.29, 0.717) is 18.8 Å². The normalized spacial score (nSPS) is 11.7. The molecule has 38 heavy (non-hydrogen) atoms. The summed E-state index contributed by atoms with van der Waals surface area (Å²) in [5, 5.41) is 14.4. The second-order valence-corrected chi connectivity index (χ2v) is 10.5. The third kappa shape index (κ3) is 5.07. The Hall–Kier alpha value is -4.33. The van der Waals surface area contributed by atoms with Crippen molar-refractivity contribution in [3.05, 3.63) is 100 Å². The average Bonchev–Trinajstić information content (AvgIpc) is 3.56. The molecule has 8 heteroatoms. The van der Waals surface area contributed by atoms with Gasteiger partial charge in [0.15, 0.2) is 0 Å². The highest BCUT2D eigenvalue weighted by atomic mass is 16.1. The lowest BCUT2D eigenvalue weighted by atomic mass is 9.86. The van der Waals surface area contributed by atoms with Gasteiger partial charge in [0.2, 0.25) is 5.82 Å². The quantitative estimate of drug-likeness (QED) is 0.305. The molecule has 3 aromatic heterocycles. The maximum Gasteiger partial charge on any atom is 0.332 e. The van der Waals surface area contributed by atoms with Crippen LogP contribution in [-0.4, -0.2) is 34.7 Å². The van der Waals surface area contributed by atoms with Gasteiger partial charge in [0.1, 0.15) is 0 Å². The fourth-order valence-electron chi connectivity index (χ4n) is 4.86. The summed E-state index contributed by atoms with van der Waals surface area (Å²) in [5.41, 5.74) is 6.81. The molecular formula is C30H33N7O. The second kappa shape index (κ2) is 10.6. The molecule has 0 fully saturated rings. The van der Waals surface area contributed by atoms with E-state index in [4.69, 9.17) is 4.98 Å². The number of aryl methyl sites for hydroxylation is 2. The number of rotatable bonds is 8. The van der Waals surface area contributed by atoms with Gasteiger partial charge in [-0.25, -0.2) is 4.79 Å². The van der Waals surface area contributed by atoms with E-state index in [0.717, 1.165) is 52.2 Å². The number of H-pyrrole nitrogens is 1. The molecule has 0 aliphatic rings. The number of nitrogens with one attached hydrogen (secondary N) is 1. The van der Waals surface area contributed by atoms with Gasteiger partial charge in [-0.15, -0.1) is 10.2 Å². The van der Waals surface area contributed by atoms with Crippen molar-refractivity contribution in [1.82, 2.24) is 34.7 Å². The molecule has 5 rings (SSSR count). The molecular weight excluding hydrogens is 474 g/mol. The summed E-state index contributed by atoms with van der Waals surface area (Å²) >= 11 is 0. The van der Waals surface area contributed by atoms with E-state index in [1.165, 1.54) is 0 Å². The molecule has 194 valence electrons. The number of aromatic nitrogens is 7. The molecule has 1 N–H and O–H groups in total. The fraction of sp³-hybridized carbons (Fsp3) is 0.300. The Kier molecular flexibility index (Phi) is 7.05. The van der Waals surface area contributed by atoms with Crippen molar-refractivity contribution in [2.45, 2.75) is 58.9 Å². The minimum atomic E-state index is -0.0706. The highest BCUT2D eigenvalue weighted by Gasteiger charge is 2.21. The number of para-hydroxylation sites is 1. The van der Waals surface area contributed by atoms with Crippen LogP contribution in [0.4, 0.5) is 0 Å². The smallest absolute Gasteiger partial charge is 0.296 e. The number of pyridine rings is 1. The molecule has 0 bridgehead atoms. The summed E-state index contributed by atoms with van der Waals surface area (Å²) in [7, 11) is 0. The Balaban J connectivity index is 1.41. The summed E-state index contributed by atoms with van der Waals surface area (Å²) in [5.74, 6) is 0.534. The van der Waals surface area contributed by atoms with Gasteiger partial charge < -0.3 is 0 Å². The van der Waals surface area contributed by atoms with Crippen molar-refractivity contribution >= 4 is 0 Å². The Bertz CT molecular complexity index is 1570. The fourth-order valence-corrected chi connectivity index (χ4v) is 4.86. The van der Waals surface area contributed by atoms with E-state index in [1.54, 1.807) is 0 Å². The van der Waals surface area contributed by atoms with E-state index < -0.39 is 0 Å². The zero-order chi connectivity index (χ0) is 26.7. The van der Waals surface area contributed by atoms with Gasteiger partial charge in [-0.05, 0) is 46.7 Å². The van der Waals surface area contributed by atoms with E-state index in [-0.39, 0.29) is 11.1 Å². The van der Waals surface area contributed by atoms with Crippen molar-refractivity contribution in [2.24, 2.45) is 0 Å². The van der Waals surface area contributed by atoms with Crippen LogP contribution in [0.3, 0.4) is 0 Å². The molecule has 0 saturated heterocycles. The molecule has 0 spiro atoms. The minimum absolute atomic E-state index is 0.00349. The Labute approximate surface area is 222 Å². The lowest BCUT2D eigenvalue weighted by Crippen LogP contribution is -2.27. The van der Waals surface area contributed by atoms with Crippen LogP contribution in [0.1, 0.15) is 50.9 Å². The van der Waals surface area contributed by atoms with Crippen LogP contribution in [0.5, 0.6) is 0 Å². The Morgan fingerprint density at radius 1 is 0.921 bits per heavy atom. The average molecular weight is 508 g/mol. The topological polar surface area (TPSA) is 94.3 Å². The third-order valence-corrected chi connectivity index (χ3v) is 6.78. The molecule has 8 nitrogen and oxygen atoms in total. The predicted molar refractivity (Wildman–Crippen MR) is 149 cm³/mol. The molecule has 0 aliphatic heterocycles. The van der Waals surface area contributed by atoms with Crippen molar-refractivity contribution < 1.29 is 0 Å². The number of imidazole rings is 1. The highest BCUT2D eigenvalue weighted by molar-refractivity contribution is 5.78. The summed E-state index contributed by atoms with van der Waals surface area (Å²) < 4.78 is 3.74. The van der Waals surface area contributed by atoms with Crippen molar-refractivity contribution in [2.75, 3.05) is 0 Å². The summed E-state index contributed by atoms with van der Waals surface area (Å²) in [4.78, 5) is 18.4. The highest BCUT2D eigenvalue weighted by Crippen LogP contribution is 2.29. The van der Waals surface area contributed by atoms with E-state index in [1.807, 2.05) is 70.1 Å². The van der Waals surface area contributed by atoms with Crippen LogP contribution in [0.2, 0.25) is 0 Å². The number of nitrogens with zero attached hydrogens (tertiary/aromatic N) is 6.